The largest absolute Gasteiger partial charge is 0.497 e. The predicted molar refractivity (Wildman–Crippen MR) is 99.3 cm³/mol. The molecule has 0 radical (unpaired) electrons. The van der Waals surface area contributed by atoms with Gasteiger partial charge in [0.2, 0.25) is 0 Å². The van der Waals surface area contributed by atoms with Crippen LogP contribution < -0.4 is 10.1 Å². The average molecular weight is 341 g/mol. The fraction of sp³-hybridized carbons (Fsp3) is 0.300. The molecule has 3 aromatic rings. The zero-order valence-corrected chi connectivity index (χ0v) is 14.9. The van der Waals surface area contributed by atoms with Gasteiger partial charge in [-0.15, -0.1) is 0 Å². The van der Waals surface area contributed by atoms with Crippen molar-refractivity contribution in [3.8, 4) is 5.75 Å². The summed E-state index contributed by atoms with van der Waals surface area (Å²) in [6.45, 7) is 5.28. The molecule has 0 amide bonds. The van der Waals surface area contributed by atoms with Crippen molar-refractivity contribution in [2.24, 2.45) is 0 Å². The van der Waals surface area contributed by atoms with Crippen LogP contribution in [0.1, 0.15) is 34.0 Å². The zero-order chi connectivity index (χ0) is 16.8. The number of fused-ring (bicyclic) bond motifs is 3. The van der Waals surface area contributed by atoms with Gasteiger partial charge in [-0.05, 0) is 60.7 Å². The monoisotopic (exact) mass is 340 g/mol. The first-order valence-corrected chi connectivity index (χ1v) is 8.65. The second-order valence-corrected chi connectivity index (χ2v) is 6.95. The van der Waals surface area contributed by atoms with Crippen molar-refractivity contribution in [1.82, 2.24) is 10.3 Å². The predicted octanol–water partition coefficient (Wildman–Crippen LogP) is 4.68. The summed E-state index contributed by atoms with van der Waals surface area (Å²) in [5.41, 5.74) is 7.57. The lowest BCUT2D eigenvalue weighted by atomic mass is 9.93. The van der Waals surface area contributed by atoms with Crippen LogP contribution in [-0.2, 0) is 6.42 Å². The van der Waals surface area contributed by atoms with Crippen LogP contribution in [0.4, 0.5) is 0 Å². The first-order chi connectivity index (χ1) is 11.6. The van der Waals surface area contributed by atoms with Crippen molar-refractivity contribution in [3.63, 3.8) is 0 Å². The molecule has 4 heteroatoms. The Kier molecular flexibility index (Phi) is 3.78. The minimum atomic E-state index is 0.0827. The van der Waals surface area contributed by atoms with Gasteiger partial charge in [-0.3, -0.25) is 0 Å². The molecule has 0 fully saturated rings. The number of H-pyrrole nitrogens is 1. The molecule has 0 saturated carbocycles. The van der Waals surface area contributed by atoms with Gasteiger partial charge in [0.15, 0.2) is 0 Å². The van der Waals surface area contributed by atoms with Crippen molar-refractivity contribution in [1.29, 1.82) is 0 Å². The van der Waals surface area contributed by atoms with Gasteiger partial charge in [0.1, 0.15) is 5.75 Å². The number of methoxy groups -OCH3 is 1. The summed E-state index contributed by atoms with van der Waals surface area (Å²) in [6.07, 6.45) is 1.03. The fourth-order valence-electron chi connectivity index (χ4n) is 3.91. The van der Waals surface area contributed by atoms with Gasteiger partial charge in [-0.25, -0.2) is 0 Å². The summed E-state index contributed by atoms with van der Waals surface area (Å²) < 4.78 is 5.27. The van der Waals surface area contributed by atoms with Gasteiger partial charge >= 0.3 is 0 Å². The first kappa shape index (κ1) is 15.6. The molecule has 24 heavy (non-hydrogen) atoms. The van der Waals surface area contributed by atoms with Gasteiger partial charge in [0.25, 0.3) is 0 Å². The molecular formula is C20H21ClN2O. The highest BCUT2D eigenvalue weighted by molar-refractivity contribution is 6.31. The Morgan fingerprint density at radius 1 is 1.17 bits per heavy atom. The van der Waals surface area contributed by atoms with Gasteiger partial charge in [-0.1, -0.05) is 23.7 Å². The number of ether oxygens (including phenoxy) is 1. The fourth-order valence-corrected chi connectivity index (χ4v) is 4.19. The minimum absolute atomic E-state index is 0.0827. The summed E-state index contributed by atoms with van der Waals surface area (Å²) in [5, 5.41) is 5.70. The van der Waals surface area contributed by atoms with Crippen LogP contribution >= 0.6 is 11.6 Å². The third-order valence-corrected chi connectivity index (χ3v) is 5.23. The van der Waals surface area contributed by atoms with E-state index in [0.29, 0.717) is 0 Å². The van der Waals surface area contributed by atoms with E-state index in [-0.39, 0.29) is 6.04 Å². The normalized spacial score (nSPS) is 17.1. The van der Waals surface area contributed by atoms with Crippen LogP contribution in [0, 0.1) is 13.8 Å². The molecule has 0 saturated heterocycles. The van der Waals surface area contributed by atoms with Crippen LogP contribution in [0.3, 0.4) is 0 Å². The Morgan fingerprint density at radius 3 is 2.75 bits per heavy atom. The molecule has 0 spiro atoms. The van der Waals surface area contributed by atoms with Gasteiger partial charge in [-0.2, -0.15) is 0 Å². The number of aromatic amines is 1. The number of rotatable bonds is 2. The molecular weight excluding hydrogens is 320 g/mol. The van der Waals surface area contributed by atoms with Crippen LogP contribution in [-0.4, -0.2) is 18.6 Å². The standard InChI is InChI=1S/C20H21ClN2O/c1-11-8-12(2)18-15-6-7-22-19(20(15)23-17(18)9-11)14-5-4-13(24-3)10-16(14)21/h4-5,8-10,19,22-23H,6-7H2,1-3H3. The summed E-state index contributed by atoms with van der Waals surface area (Å²) in [6, 6.07) is 10.5. The van der Waals surface area contributed by atoms with E-state index >= 15 is 0 Å². The van der Waals surface area contributed by atoms with E-state index in [4.69, 9.17) is 16.3 Å². The second kappa shape index (κ2) is 5.83. The molecule has 1 unspecified atom stereocenters. The number of halogens is 1. The maximum absolute atomic E-state index is 6.53. The lowest BCUT2D eigenvalue weighted by Crippen LogP contribution is -2.30. The van der Waals surface area contributed by atoms with E-state index in [9.17, 15) is 0 Å². The molecule has 2 N–H and O–H groups in total. The summed E-state index contributed by atoms with van der Waals surface area (Å²) in [4.78, 5) is 3.65. The summed E-state index contributed by atoms with van der Waals surface area (Å²) in [7, 11) is 1.66. The van der Waals surface area contributed by atoms with E-state index in [0.717, 1.165) is 29.3 Å². The first-order valence-electron chi connectivity index (χ1n) is 8.27. The Labute approximate surface area is 147 Å². The number of hydrogen-bond acceptors (Lipinski definition) is 2. The third-order valence-electron chi connectivity index (χ3n) is 4.91. The molecule has 1 aliphatic rings. The molecule has 0 aliphatic carbocycles. The number of hydrogen-bond donors (Lipinski definition) is 2. The second-order valence-electron chi connectivity index (χ2n) is 6.55. The summed E-state index contributed by atoms with van der Waals surface area (Å²) in [5.74, 6) is 0.780. The smallest absolute Gasteiger partial charge is 0.120 e. The number of benzene rings is 2. The van der Waals surface area contributed by atoms with Crippen molar-refractivity contribution in [3.05, 3.63) is 63.3 Å². The molecule has 1 aliphatic heterocycles. The molecule has 124 valence electrons. The molecule has 1 aromatic heterocycles. The number of nitrogens with one attached hydrogen (secondary N) is 2. The Bertz CT molecular complexity index is 929. The number of aryl methyl sites for hydroxylation is 2. The molecule has 0 bridgehead atoms. The van der Waals surface area contributed by atoms with Crippen LogP contribution in [0.5, 0.6) is 5.75 Å². The van der Waals surface area contributed by atoms with Crippen molar-refractivity contribution < 1.29 is 4.74 Å². The molecule has 4 rings (SSSR count). The van der Waals surface area contributed by atoms with E-state index in [2.05, 4.69) is 42.3 Å². The quantitative estimate of drug-likeness (QED) is 0.710. The third kappa shape index (κ3) is 2.40. The molecule has 1 atom stereocenters. The van der Waals surface area contributed by atoms with E-state index < -0.39 is 0 Å². The number of aromatic nitrogens is 1. The minimum Gasteiger partial charge on any atom is -0.497 e. The van der Waals surface area contributed by atoms with Crippen LogP contribution in [0.2, 0.25) is 5.02 Å². The van der Waals surface area contributed by atoms with Crippen LogP contribution in [0.15, 0.2) is 30.3 Å². The Hall–Kier alpha value is -1.97. The zero-order valence-electron chi connectivity index (χ0n) is 14.2. The van der Waals surface area contributed by atoms with Crippen LogP contribution in [0.25, 0.3) is 10.9 Å². The molecule has 2 aromatic carbocycles. The summed E-state index contributed by atoms with van der Waals surface area (Å²) >= 11 is 6.53. The van der Waals surface area contributed by atoms with Gasteiger partial charge in [0.05, 0.1) is 13.2 Å². The van der Waals surface area contributed by atoms with Gasteiger partial charge in [0, 0.05) is 28.2 Å². The lowest BCUT2D eigenvalue weighted by molar-refractivity contribution is 0.414. The van der Waals surface area contributed by atoms with Crippen molar-refractivity contribution in [2.45, 2.75) is 26.3 Å². The molecule has 3 nitrogen and oxygen atoms in total. The average Bonchev–Trinajstić information content (AvgIpc) is 2.93. The highest BCUT2D eigenvalue weighted by atomic mass is 35.5. The van der Waals surface area contributed by atoms with E-state index in [1.807, 2.05) is 12.1 Å². The Morgan fingerprint density at radius 2 is 2.00 bits per heavy atom. The van der Waals surface area contributed by atoms with E-state index in [1.165, 1.54) is 33.3 Å². The SMILES string of the molecule is COc1ccc(C2NCCc3c2[nH]c2cc(C)cc(C)c32)c(Cl)c1. The Balaban J connectivity index is 1.89. The maximum Gasteiger partial charge on any atom is 0.120 e. The van der Waals surface area contributed by atoms with Crippen molar-refractivity contribution in [2.75, 3.05) is 13.7 Å². The van der Waals surface area contributed by atoms with Crippen molar-refractivity contribution >= 4 is 22.5 Å². The topological polar surface area (TPSA) is 37.0 Å². The molecule has 2 heterocycles. The van der Waals surface area contributed by atoms with E-state index in [1.54, 1.807) is 7.11 Å². The maximum atomic E-state index is 6.53. The highest BCUT2D eigenvalue weighted by Gasteiger charge is 2.27. The highest BCUT2D eigenvalue weighted by Crippen LogP contribution is 2.38. The lowest BCUT2D eigenvalue weighted by Gasteiger charge is -2.26. The van der Waals surface area contributed by atoms with Gasteiger partial charge < -0.3 is 15.0 Å².